The molecule has 7 heteroatoms. The number of rotatable bonds is 5. The number of carbonyl (C=O) groups excluding carboxylic acids is 2. The Morgan fingerprint density at radius 1 is 1.22 bits per heavy atom. The smallest absolute Gasteiger partial charge is 0.332 e. The maximum absolute atomic E-state index is 12.6. The molecule has 0 saturated carbocycles. The van der Waals surface area contributed by atoms with E-state index in [2.05, 4.69) is 10.1 Å². The fourth-order valence-electron chi connectivity index (χ4n) is 2.61. The highest BCUT2D eigenvalue weighted by Gasteiger charge is 2.43. The van der Waals surface area contributed by atoms with E-state index in [0.717, 1.165) is 11.3 Å². The molecule has 1 aliphatic heterocycles. The number of amides is 3. The topological polar surface area (TPSA) is 79.5 Å². The van der Waals surface area contributed by atoms with Crippen LogP contribution in [0.5, 0.6) is 0 Å². The summed E-state index contributed by atoms with van der Waals surface area (Å²) < 4.78 is 5.13. The second kappa shape index (κ2) is 6.20. The third-order valence-corrected chi connectivity index (χ3v) is 3.76. The molecule has 3 amide bonds. The summed E-state index contributed by atoms with van der Waals surface area (Å²) in [6, 6.07) is 8.21. The quantitative estimate of drug-likeness (QED) is 0.792. The van der Waals surface area contributed by atoms with Gasteiger partial charge in [0, 0.05) is 12.1 Å². The first-order valence-corrected chi connectivity index (χ1v) is 7.63. The predicted molar refractivity (Wildman–Crippen MR) is 82.6 cm³/mol. The number of anilines is 1. The largest absolute Gasteiger partial charge is 0.337 e. The number of aryl methyl sites for hydroxylation is 1. The van der Waals surface area contributed by atoms with Crippen molar-refractivity contribution in [1.29, 1.82) is 0 Å². The lowest BCUT2D eigenvalue weighted by Gasteiger charge is -2.18. The van der Waals surface area contributed by atoms with Gasteiger partial charge in [-0.15, -0.1) is 0 Å². The summed E-state index contributed by atoms with van der Waals surface area (Å²) >= 11 is 0. The van der Waals surface area contributed by atoms with Crippen molar-refractivity contribution >= 4 is 17.6 Å². The highest BCUT2D eigenvalue weighted by atomic mass is 16.5. The first kappa shape index (κ1) is 15.2. The third kappa shape index (κ3) is 2.81. The third-order valence-electron chi connectivity index (χ3n) is 3.76. The van der Waals surface area contributed by atoms with Crippen LogP contribution in [0.3, 0.4) is 0 Å². The van der Waals surface area contributed by atoms with Crippen LogP contribution < -0.4 is 4.90 Å². The molecule has 1 atom stereocenters. The zero-order valence-corrected chi connectivity index (χ0v) is 13.1. The van der Waals surface area contributed by atoms with E-state index in [1.54, 1.807) is 19.1 Å². The first-order chi connectivity index (χ1) is 11.1. The van der Waals surface area contributed by atoms with Crippen LogP contribution in [-0.4, -0.2) is 33.0 Å². The maximum atomic E-state index is 12.6. The molecule has 1 fully saturated rings. The predicted octanol–water partition coefficient (Wildman–Crippen LogP) is 2.38. The van der Waals surface area contributed by atoms with Crippen molar-refractivity contribution in [2.75, 3.05) is 4.90 Å². The molecule has 120 valence electrons. The Balaban J connectivity index is 1.80. The van der Waals surface area contributed by atoms with Gasteiger partial charge < -0.3 is 4.52 Å². The maximum Gasteiger partial charge on any atom is 0.332 e. The lowest BCUT2D eigenvalue weighted by Crippen LogP contribution is -2.33. The van der Waals surface area contributed by atoms with Crippen LogP contribution in [0.25, 0.3) is 0 Å². The van der Waals surface area contributed by atoms with E-state index in [-0.39, 0.29) is 24.4 Å². The molecule has 0 spiro atoms. The van der Waals surface area contributed by atoms with E-state index in [9.17, 15) is 9.59 Å². The van der Waals surface area contributed by atoms with E-state index in [0.29, 0.717) is 17.9 Å². The molecule has 0 radical (unpaired) electrons. The number of nitrogens with zero attached hydrogens (tertiary/aromatic N) is 4. The molecule has 2 heterocycles. The van der Waals surface area contributed by atoms with Crippen molar-refractivity contribution in [3.05, 3.63) is 42.0 Å². The minimum absolute atomic E-state index is 0.00204. The molecular formula is C16H18N4O3. The summed E-state index contributed by atoms with van der Waals surface area (Å²) in [7, 11) is 0. The molecule has 1 aliphatic rings. The lowest BCUT2D eigenvalue weighted by molar-refractivity contribution is -0.127. The van der Waals surface area contributed by atoms with Crippen LogP contribution in [-0.2, 0) is 17.8 Å². The summed E-state index contributed by atoms with van der Waals surface area (Å²) in [6.45, 7) is 3.73. The Morgan fingerprint density at radius 3 is 2.65 bits per heavy atom. The van der Waals surface area contributed by atoms with Crippen molar-refractivity contribution in [1.82, 2.24) is 15.0 Å². The molecule has 1 aromatic heterocycles. The molecule has 1 aromatic carbocycles. The molecule has 1 unspecified atom stereocenters. The first-order valence-electron chi connectivity index (χ1n) is 7.63. The molecule has 0 bridgehead atoms. The number of hydrogen-bond donors (Lipinski definition) is 0. The highest BCUT2D eigenvalue weighted by molar-refractivity contribution is 6.13. The van der Waals surface area contributed by atoms with Crippen molar-refractivity contribution in [3.63, 3.8) is 0 Å². The Bertz CT molecular complexity index is 713. The van der Waals surface area contributed by atoms with Crippen molar-refractivity contribution in [3.8, 4) is 0 Å². The standard InChI is InChI=1S/C16H18N4O3/c1-3-7-13-17-14(23-18-13)10-19-15(21)11(2)20(16(19)22)12-8-5-4-6-9-12/h4-6,8-9,11H,3,7,10H2,1-2H3. The van der Waals surface area contributed by atoms with Gasteiger partial charge in [-0.2, -0.15) is 4.98 Å². The van der Waals surface area contributed by atoms with E-state index < -0.39 is 6.04 Å². The Kier molecular flexibility index (Phi) is 4.10. The van der Waals surface area contributed by atoms with E-state index in [4.69, 9.17) is 4.52 Å². The van der Waals surface area contributed by atoms with Gasteiger partial charge in [0.15, 0.2) is 5.82 Å². The van der Waals surface area contributed by atoms with Gasteiger partial charge in [-0.3, -0.25) is 14.6 Å². The molecule has 23 heavy (non-hydrogen) atoms. The number of aromatic nitrogens is 2. The van der Waals surface area contributed by atoms with Crippen molar-refractivity contribution in [2.45, 2.75) is 39.3 Å². The minimum atomic E-state index is -0.553. The number of imide groups is 1. The number of carbonyl (C=O) groups is 2. The summed E-state index contributed by atoms with van der Waals surface area (Å²) in [4.78, 5) is 31.9. The van der Waals surface area contributed by atoms with Gasteiger partial charge in [0.1, 0.15) is 12.6 Å². The normalized spacial score (nSPS) is 18.1. The summed E-state index contributed by atoms with van der Waals surface area (Å²) in [5, 5.41) is 3.85. The number of urea groups is 1. The molecular weight excluding hydrogens is 296 g/mol. The second-order valence-electron chi connectivity index (χ2n) is 5.44. The van der Waals surface area contributed by atoms with Gasteiger partial charge in [0.2, 0.25) is 5.89 Å². The number of benzene rings is 1. The molecule has 7 nitrogen and oxygen atoms in total. The molecule has 0 N–H and O–H groups in total. The molecule has 3 rings (SSSR count). The van der Waals surface area contributed by atoms with Crippen LogP contribution >= 0.6 is 0 Å². The van der Waals surface area contributed by atoms with Crippen LogP contribution in [0.1, 0.15) is 32.0 Å². The fourth-order valence-corrected chi connectivity index (χ4v) is 2.61. The van der Waals surface area contributed by atoms with Crippen LogP contribution in [0.2, 0.25) is 0 Å². The van der Waals surface area contributed by atoms with Gasteiger partial charge in [-0.25, -0.2) is 4.79 Å². The van der Waals surface area contributed by atoms with Crippen molar-refractivity contribution in [2.24, 2.45) is 0 Å². The zero-order valence-electron chi connectivity index (χ0n) is 13.1. The Labute approximate surface area is 133 Å². The fraction of sp³-hybridized carbons (Fsp3) is 0.375. The molecule has 2 aromatic rings. The molecule has 1 saturated heterocycles. The average Bonchev–Trinajstić information content (AvgIpc) is 3.08. The summed E-state index contributed by atoms with van der Waals surface area (Å²) in [5.41, 5.74) is 0.693. The number of para-hydroxylation sites is 1. The zero-order chi connectivity index (χ0) is 16.4. The van der Waals surface area contributed by atoms with Crippen LogP contribution in [0.15, 0.2) is 34.9 Å². The lowest BCUT2D eigenvalue weighted by atomic mass is 10.2. The SMILES string of the molecule is CCCc1noc(CN2C(=O)C(C)N(c3ccccc3)C2=O)n1. The van der Waals surface area contributed by atoms with E-state index in [1.807, 2.05) is 25.1 Å². The van der Waals surface area contributed by atoms with E-state index in [1.165, 1.54) is 4.90 Å². The Hall–Kier alpha value is -2.70. The molecule has 0 aliphatic carbocycles. The van der Waals surface area contributed by atoms with Gasteiger partial charge in [-0.05, 0) is 25.5 Å². The van der Waals surface area contributed by atoms with Gasteiger partial charge in [0.05, 0.1) is 0 Å². The Morgan fingerprint density at radius 2 is 1.96 bits per heavy atom. The van der Waals surface area contributed by atoms with Crippen LogP contribution in [0.4, 0.5) is 10.5 Å². The number of hydrogen-bond acceptors (Lipinski definition) is 5. The summed E-state index contributed by atoms with van der Waals surface area (Å²) in [5.74, 6) is 0.598. The van der Waals surface area contributed by atoms with E-state index >= 15 is 0 Å². The highest BCUT2D eigenvalue weighted by Crippen LogP contribution is 2.26. The summed E-state index contributed by atoms with van der Waals surface area (Å²) in [6.07, 6.45) is 1.61. The van der Waals surface area contributed by atoms with Crippen molar-refractivity contribution < 1.29 is 14.1 Å². The minimum Gasteiger partial charge on any atom is -0.337 e. The van der Waals surface area contributed by atoms with Gasteiger partial charge in [-0.1, -0.05) is 30.3 Å². The van der Waals surface area contributed by atoms with Crippen LogP contribution in [0, 0.1) is 0 Å². The second-order valence-corrected chi connectivity index (χ2v) is 5.44. The van der Waals surface area contributed by atoms with Gasteiger partial charge in [0.25, 0.3) is 5.91 Å². The van der Waals surface area contributed by atoms with Gasteiger partial charge >= 0.3 is 6.03 Å². The monoisotopic (exact) mass is 314 g/mol. The average molecular weight is 314 g/mol.